The Bertz CT molecular complexity index is 1050. The molecule has 1 aromatic heterocycles. The molecule has 0 aliphatic heterocycles. The summed E-state index contributed by atoms with van der Waals surface area (Å²) in [5.41, 5.74) is -0.319. The fourth-order valence-electron chi connectivity index (χ4n) is 2.09. The Balaban J connectivity index is 2.14. The van der Waals surface area contributed by atoms with Crippen molar-refractivity contribution < 1.29 is 31.5 Å². The van der Waals surface area contributed by atoms with E-state index in [0.717, 1.165) is 0 Å². The molecule has 0 fully saturated rings. The van der Waals surface area contributed by atoms with Crippen LogP contribution in [0.1, 0.15) is 29.8 Å². The predicted octanol–water partition coefficient (Wildman–Crippen LogP) is 2.92. The normalized spacial score (nSPS) is 11.6. The smallest absolute Gasteiger partial charge is 0.303 e. The molecule has 0 unspecified atom stereocenters. The van der Waals surface area contributed by atoms with Crippen LogP contribution in [0.2, 0.25) is 5.02 Å². The number of nitrogens with zero attached hydrogens (tertiary/aromatic N) is 2. The van der Waals surface area contributed by atoms with Crippen molar-refractivity contribution >= 4 is 27.7 Å². The molecule has 0 saturated carbocycles. The van der Waals surface area contributed by atoms with E-state index in [0.29, 0.717) is 22.0 Å². The maximum absolute atomic E-state index is 14.3. The van der Waals surface area contributed by atoms with Crippen LogP contribution < -0.4 is 14.2 Å². The Hall–Kier alpha value is -2.50. The van der Waals surface area contributed by atoms with Crippen molar-refractivity contribution in [2.75, 3.05) is 14.1 Å². The molecule has 0 radical (unpaired) electrons. The Morgan fingerprint density at radius 1 is 1.23 bits per heavy atom. The Morgan fingerprint density at radius 2 is 1.90 bits per heavy atom. The molecular weight excluding hydrogens is 444 g/mol. The summed E-state index contributed by atoms with van der Waals surface area (Å²) in [6.07, 6.45) is 1.28. The minimum atomic E-state index is -4.16. The summed E-state index contributed by atoms with van der Waals surface area (Å²) < 4.78 is 64.9. The second kappa shape index (κ2) is 9.54. The first-order chi connectivity index (χ1) is 13.9. The molecule has 1 amide bonds. The number of nitrogens with one attached hydrogen (secondary N) is 1. The molecule has 0 bridgehead atoms. The minimum Gasteiger partial charge on any atom is -0.486 e. The first kappa shape index (κ1) is 23.8. The van der Waals surface area contributed by atoms with E-state index < -0.39 is 39.1 Å². The largest absolute Gasteiger partial charge is 0.486 e. The highest BCUT2D eigenvalue weighted by Crippen LogP contribution is 2.26. The van der Waals surface area contributed by atoms with Crippen LogP contribution in [0.4, 0.5) is 8.78 Å². The second-order valence-corrected chi connectivity index (χ2v) is 8.86. The van der Waals surface area contributed by atoms with Gasteiger partial charge in [-0.25, -0.2) is 18.5 Å². The molecule has 0 spiro atoms. The summed E-state index contributed by atoms with van der Waals surface area (Å²) in [7, 11) is -1.82. The number of amides is 1. The average molecular weight is 464 g/mol. The maximum atomic E-state index is 14.3. The van der Waals surface area contributed by atoms with E-state index in [4.69, 9.17) is 21.1 Å². The van der Waals surface area contributed by atoms with Crippen molar-refractivity contribution in [2.45, 2.75) is 26.6 Å². The van der Waals surface area contributed by atoms with Gasteiger partial charge in [-0.1, -0.05) is 11.6 Å². The number of carbonyl (C=O) groups excluding carboxylic acids is 1. The summed E-state index contributed by atoms with van der Waals surface area (Å²) in [6, 6.07) is 2.71. The van der Waals surface area contributed by atoms with Crippen molar-refractivity contribution in [3.63, 3.8) is 0 Å². The molecule has 12 heteroatoms. The summed E-state index contributed by atoms with van der Waals surface area (Å²) >= 11 is 6.07. The third kappa shape index (κ3) is 6.00. The number of halogens is 3. The lowest BCUT2D eigenvalue weighted by atomic mass is 10.2. The molecule has 0 saturated heterocycles. The monoisotopic (exact) mass is 463 g/mol. The number of rotatable bonds is 8. The predicted molar refractivity (Wildman–Crippen MR) is 106 cm³/mol. The highest BCUT2D eigenvalue weighted by atomic mass is 35.5. The highest BCUT2D eigenvalue weighted by Gasteiger charge is 2.23. The van der Waals surface area contributed by atoms with E-state index in [1.54, 1.807) is 4.72 Å². The lowest BCUT2D eigenvalue weighted by Crippen LogP contribution is -2.39. The Kier molecular flexibility index (Phi) is 7.56. The quantitative estimate of drug-likeness (QED) is 0.646. The van der Waals surface area contributed by atoms with Gasteiger partial charge in [-0.05, 0) is 26.0 Å². The molecule has 1 N–H and O–H groups in total. The van der Waals surface area contributed by atoms with Crippen LogP contribution in [0.3, 0.4) is 0 Å². The molecule has 0 atom stereocenters. The van der Waals surface area contributed by atoms with E-state index in [-0.39, 0.29) is 23.6 Å². The average Bonchev–Trinajstić information content (AvgIpc) is 2.63. The number of aromatic nitrogens is 1. The highest BCUT2D eigenvalue weighted by molar-refractivity contribution is 7.87. The third-order valence-electron chi connectivity index (χ3n) is 3.57. The van der Waals surface area contributed by atoms with E-state index in [1.807, 2.05) is 13.8 Å². The minimum absolute atomic E-state index is 0.127. The van der Waals surface area contributed by atoms with Crippen molar-refractivity contribution in [3.8, 4) is 11.6 Å². The summed E-state index contributed by atoms with van der Waals surface area (Å²) in [5, 5.41) is 0.227. The van der Waals surface area contributed by atoms with Gasteiger partial charge in [-0.3, -0.25) is 4.79 Å². The van der Waals surface area contributed by atoms with E-state index in [2.05, 4.69) is 4.98 Å². The Morgan fingerprint density at radius 3 is 2.47 bits per heavy atom. The van der Waals surface area contributed by atoms with Crippen LogP contribution in [-0.4, -0.2) is 43.8 Å². The fourth-order valence-corrected chi connectivity index (χ4v) is 2.85. The topological polar surface area (TPSA) is 97.8 Å². The molecule has 1 aromatic carbocycles. The van der Waals surface area contributed by atoms with Gasteiger partial charge in [0.25, 0.3) is 5.91 Å². The number of hydrogen-bond acceptors (Lipinski definition) is 6. The lowest BCUT2D eigenvalue weighted by molar-refractivity contribution is 0.0975. The van der Waals surface area contributed by atoms with Gasteiger partial charge in [-0.2, -0.15) is 12.7 Å². The Labute approximate surface area is 177 Å². The maximum Gasteiger partial charge on any atom is 0.303 e. The number of benzene rings is 1. The zero-order chi connectivity index (χ0) is 22.6. The van der Waals surface area contributed by atoms with Crippen molar-refractivity contribution in [2.24, 2.45) is 0 Å². The van der Waals surface area contributed by atoms with Gasteiger partial charge in [0.2, 0.25) is 5.88 Å². The zero-order valence-corrected chi connectivity index (χ0v) is 18.1. The van der Waals surface area contributed by atoms with Gasteiger partial charge in [-0.15, -0.1) is 0 Å². The molecule has 0 aliphatic rings. The van der Waals surface area contributed by atoms with Gasteiger partial charge in [0.05, 0.1) is 11.7 Å². The van der Waals surface area contributed by atoms with Crippen molar-refractivity contribution in [3.05, 3.63) is 52.2 Å². The molecule has 2 aromatic rings. The van der Waals surface area contributed by atoms with E-state index >= 15 is 0 Å². The fraction of sp³-hybridized carbons (Fsp3) is 0.333. The van der Waals surface area contributed by atoms with Crippen LogP contribution in [0.5, 0.6) is 11.6 Å². The van der Waals surface area contributed by atoms with Crippen molar-refractivity contribution in [1.29, 1.82) is 0 Å². The number of pyridine rings is 1. The molecule has 1 heterocycles. The molecule has 8 nitrogen and oxygen atoms in total. The van der Waals surface area contributed by atoms with Crippen molar-refractivity contribution in [1.82, 2.24) is 14.0 Å². The van der Waals surface area contributed by atoms with Crippen LogP contribution in [0.15, 0.2) is 24.4 Å². The standard InChI is InChI=1S/C18H20ClF2N3O5S/c1-10(2)29-18-13(19)5-11(8-22-18)9-28-16-7-14(20)12(6-15(16)21)17(25)23-30(26,27)24(3)4/h5-8,10H,9H2,1-4H3,(H,23,25). The molecule has 2 rings (SSSR count). The molecular formula is C18H20ClF2N3O5S. The van der Waals surface area contributed by atoms with Gasteiger partial charge >= 0.3 is 10.2 Å². The molecule has 30 heavy (non-hydrogen) atoms. The van der Waals surface area contributed by atoms with Gasteiger partial charge in [0.1, 0.15) is 17.4 Å². The number of carbonyl (C=O) groups is 1. The first-order valence-corrected chi connectivity index (χ1v) is 10.4. The van der Waals surface area contributed by atoms with Crippen LogP contribution >= 0.6 is 11.6 Å². The second-order valence-electron chi connectivity index (χ2n) is 6.57. The van der Waals surface area contributed by atoms with Gasteiger partial charge in [0, 0.05) is 31.9 Å². The van der Waals surface area contributed by atoms with Gasteiger partial charge < -0.3 is 9.47 Å². The molecule has 164 valence electrons. The van der Waals surface area contributed by atoms with Gasteiger partial charge in [0.15, 0.2) is 11.6 Å². The summed E-state index contributed by atoms with van der Waals surface area (Å²) in [6.45, 7) is 3.43. The number of hydrogen-bond donors (Lipinski definition) is 1. The first-order valence-electron chi connectivity index (χ1n) is 8.58. The zero-order valence-electron chi connectivity index (χ0n) is 16.6. The summed E-state index contributed by atoms with van der Waals surface area (Å²) in [4.78, 5) is 16.0. The third-order valence-corrected chi connectivity index (χ3v) is 5.25. The lowest BCUT2D eigenvalue weighted by Gasteiger charge is -2.14. The van der Waals surface area contributed by atoms with Crippen LogP contribution in [-0.2, 0) is 16.8 Å². The summed E-state index contributed by atoms with van der Waals surface area (Å²) in [5.74, 6) is -3.77. The van der Waals surface area contributed by atoms with E-state index in [9.17, 15) is 22.0 Å². The van der Waals surface area contributed by atoms with E-state index in [1.165, 1.54) is 26.4 Å². The number of ether oxygens (including phenoxy) is 2. The molecule has 0 aliphatic carbocycles. The van der Waals surface area contributed by atoms with Crippen LogP contribution in [0, 0.1) is 11.6 Å². The SMILES string of the molecule is CC(C)Oc1ncc(COc2cc(F)c(C(=O)NS(=O)(=O)N(C)C)cc2F)cc1Cl. The van der Waals surface area contributed by atoms with Crippen LogP contribution in [0.25, 0.3) is 0 Å².